The Kier molecular flexibility index (Phi) is 9.33. The average molecular weight is 676 g/mol. The number of nitrogens with zero attached hydrogens (tertiary/aromatic N) is 3. The van der Waals surface area contributed by atoms with E-state index in [-0.39, 0.29) is 49.6 Å². The molecular weight excluding hydrogens is 636 g/mol. The van der Waals surface area contributed by atoms with Gasteiger partial charge in [-0.1, -0.05) is 65.2 Å². The fourth-order valence-electron chi connectivity index (χ4n) is 6.68. The van der Waals surface area contributed by atoms with E-state index in [0.717, 1.165) is 41.2 Å². The SMILES string of the molecule is CCOC(=O)[C@]12CC(=O)[C@@H]3C[C@@H](Oc4nc5ccccc5nc4-c4cccc(Br)c4)CN3C(=O)[C@@H](N)CCCCC/C=C\[C@@H]1C2. The highest BCUT2D eigenvalue weighted by Crippen LogP contribution is 2.57. The van der Waals surface area contributed by atoms with E-state index in [9.17, 15) is 14.4 Å². The molecule has 6 rings (SSSR count). The van der Waals surface area contributed by atoms with Gasteiger partial charge in [0.2, 0.25) is 11.8 Å². The molecule has 5 atom stereocenters. The van der Waals surface area contributed by atoms with E-state index in [0.29, 0.717) is 29.9 Å². The summed E-state index contributed by atoms with van der Waals surface area (Å²) >= 11 is 3.55. The van der Waals surface area contributed by atoms with E-state index in [1.165, 1.54) is 0 Å². The second kappa shape index (κ2) is 13.4. The number of Topliss-reactive ketones (excluding diaryl/α,β-unsaturated/α-hetero) is 1. The number of para-hydroxylation sites is 2. The van der Waals surface area contributed by atoms with E-state index in [2.05, 4.69) is 28.1 Å². The van der Waals surface area contributed by atoms with Crippen molar-refractivity contribution in [2.75, 3.05) is 13.2 Å². The van der Waals surface area contributed by atoms with Crippen LogP contribution in [0.25, 0.3) is 22.3 Å². The Balaban J connectivity index is 1.32. The van der Waals surface area contributed by atoms with E-state index >= 15 is 0 Å². The first kappa shape index (κ1) is 31.4. The summed E-state index contributed by atoms with van der Waals surface area (Å²) in [6.07, 6.45) is 8.69. The Hall–Kier alpha value is -3.63. The maximum absolute atomic E-state index is 14.1. The van der Waals surface area contributed by atoms with Crippen LogP contribution >= 0.6 is 15.9 Å². The molecule has 0 spiro atoms. The van der Waals surface area contributed by atoms with Crippen LogP contribution in [0.1, 0.15) is 58.3 Å². The lowest BCUT2D eigenvalue weighted by molar-refractivity contribution is -0.152. The maximum Gasteiger partial charge on any atom is 0.313 e. The highest BCUT2D eigenvalue weighted by molar-refractivity contribution is 9.10. The molecule has 2 fully saturated rings. The minimum absolute atomic E-state index is 0.0102. The summed E-state index contributed by atoms with van der Waals surface area (Å²) in [4.78, 5) is 52.3. The number of benzene rings is 2. The molecule has 10 heteroatoms. The molecule has 1 aliphatic carbocycles. The number of ether oxygens (including phenoxy) is 2. The number of fused-ring (bicyclic) bond motifs is 3. The predicted molar refractivity (Wildman–Crippen MR) is 174 cm³/mol. The van der Waals surface area contributed by atoms with Crippen molar-refractivity contribution < 1.29 is 23.9 Å². The van der Waals surface area contributed by atoms with Crippen molar-refractivity contribution in [1.29, 1.82) is 0 Å². The third-order valence-corrected chi connectivity index (χ3v) is 9.70. The molecule has 3 aromatic rings. The van der Waals surface area contributed by atoms with Gasteiger partial charge in [-0.25, -0.2) is 9.97 Å². The Morgan fingerprint density at radius 2 is 1.89 bits per heavy atom. The average Bonchev–Trinajstić information content (AvgIpc) is 3.56. The summed E-state index contributed by atoms with van der Waals surface area (Å²) in [7, 11) is 0. The van der Waals surface area contributed by atoms with Gasteiger partial charge >= 0.3 is 5.97 Å². The molecule has 1 saturated carbocycles. The quantitative estimate of drug-likeness (QED) is 0.267. The monoisotopic (exact) mass is 674 g/mol. The summed E-state index contributed by atoms with van der Waals surface area (Å²) in [5.41, 5.74) is 8.34. The molecule has 236 valence electrons. The van der Waals surface area contributed by atoms with Gasteiger partial charge in [0, 0.05) is 22.9 Å². The van der Waals surface area contributed by atoms with Crippen molar-refractivity contribution in [1.82, 2.24) is 14.9 Å². The van der Waals surface area contributed by atoms with E-state index in [1.807, 2.05) is 48.5 Å². The summed E-state index contributed by atoms with van der Waals surface area (Å²) < 4.78 is 12.9. The number of nitrogens with two attached hydrogens (primary N) is 1. The van der Waals surface area contributed by atoms with Crippen LogP contribution in [0.3, 0.4) is 0 Å². The Morgan fingerprint density at radius 1 is 1.09 bits per heavy atom. The fraction of sp³-hybridized carbons (Fsp3) is 0.457. The van der Waals surface area contributed by atoms with E-state index in [1.54, 1.807) is 11.8 Å². The number of halogens is 1. The van der Waals surface area contributed by atoms with Gasteiger partial charge in [-0.2, -0.15) is 0 Å². The molecule has 1 aromatic heterocycles. The molecule has 2 N–H and O–H groups in total. The maximum atomic E-state index is 14.1. The first-order chi connectivity index (χ1) is 21.8. The molecule has 3 aliphatic rings. The van der Waals surface area contributed by atoms with Gasteiger partial charge in [-0.15, -0.1) is 0 Å². The molecule has 2 aromatic carbocycles. The standard InChI is InChI=1S/C35H39BrN4O5/c1-2-44-34(43)35-19-23(35)12-6-4-3-5-7-14-26(37)33(42)40-21-25(18-29(40)30(41)20-35)45-32-31(22-11-10-13-24(36)17-22)38-27-15-8-9-16-28(27)39-32/h6,8-13,15-17,23,25-26,29H,2-5,7,14,18-21,37H2,1H3/b12-6-/t23-,25-,26+,29+,35-/m1/s1. The number of allylic oxidation sites excluding steroid dienone is 2. The lowest BCUT2D eigenvalue weighted by Crippen LogP contribution is -2.49. The summed E-state index contributed by atoms with van der Waals surface area (Å²) in [5, 5.41) is 0. The van der Waals surface area contributed by atoms with Gasteiger partial charge in [0.05, 0.1) is 41.7 Å². The molecule has 45 heavy (non-hydrogen) atoms. The smallest absolute Gasteiger partial charge is 0.313 e. The lowest BCUT2D eigenvalue weighted by Gasteiger charge is -2.27. The van der Waals surface area contributed by atoms with Crippen molar-refractivity contribution in [3.8, 4) is 17.1 Å². The Bertz CT molecular complexity index is 1630. The molecular formula is C35H39BrN4O5. The highest BCUT2D eigenvalue weighted by atomic mass is 79.9. The van der Waals surface area contributed by atoms with Crippen LogP contribution in [0, 0.1) is 11.3 Å². The minimum atomic E-state index is -0.892. The van der Waals surface area contributed by atoms with Crippen molar-refractivity contribution in [2.45, 2.75) is 76.5 Å². The van der Waals surface area contributed by atoms with Crippen LogP contribution < -0.4 is 10.5 Å². The number of carbonyl (C=O) groups excluding carboxylic acids is 3. The largest absolute Gasteiger partial charge is 0.471 e. The second-order valence-corrected chi connectivity index (χ2v) is 13.3. The van der Waals surface area contributed by atoms with Crippen LogP contribution in [0.2, 0.25) is 0 Å². The van der Waals surface area contributed by atoms with Gasteiger partial charge in [-0.05, 0) is 62.8 Å². The van der Waals surface area contributed by atoms with E-state index in [4.69, 9.17) is 25.2 Å². The van der Waals surface area contributed by atoms with Crippen molar-refractivity contribution in [2.24, 2.45) is 17.1 Å². The number of hydrogen-bond donors (Lipinski definition) is 1. The van der Waals surface area contributed by atoms with Crippen molar-refractivity contribution >= 4 is 44.6 Å². The molecule has 1 saturated heterocycles. The molecule has 2 aliphatic heterocycles. The molecule has 0 unspecified atom stereocenters. The van der Waals surface area contributed by atoms with Gasteiger partial charge in [0.1, 0.15) is 11.8 Å². The number of hydrogen-bond acceptors (Lipinski definition) is 8. The van der Waals surface area contributed by atoms with E-state index < -0.39 is 23.6 Å². The first-order valence-electron chi connectivity index (χ1n) is 15.9. The number of carbonyl (C=O) groups is 3. The Morgan fingerprint density at radius 3 is 2.67 bits per heavy atom. The van der Waals surface area contributed by atoms with Gasteiger partial charge in [0.15, 0.2) is 5.78 Å². The number of rotatable bonds is 5. The van der Waals surface area contributed by atoms with Crippen LogP contribution in [0.15, 0.2) is 65.2 Å². The van der Waals surface area contributed by atoms with Gasteiger partial charge in [-0.3, -0.25) is 14.4 Å². The van der Waals surface area contributed by atoms with Gasteiger partial charge < -0.3 is 20.1 Å². The second-order valence-electron chi connectivity index (χ2n) is 12.4. The summed E-state index contributed by atoms with van der Waals surface area (Å²) in [6.45, 7) is 2.21. The number of aromatic nitrogens is 2. The van der Waals surface area contributed by atoms with Crippen LogP contribution in [-0.2, 0) is 19.1 Å². The normalized spacial score (nSPS) is 28.0. The molecule has 0 bridgehead atoms. The third-order valence-electron chi connectivity index (χ3n) is 9.21. The van der Waals surface area contributed by atoms with Crippen molar-refractivity contribution in [3.63, 3.8) is 0 Å². The zero-order chi connectivity index (χ0) is 31.6. The third kappa shape index (κ3) is 6.67. The summed E-state index contributed by atoms with van der Waals surface area (Å²) in [6, 6.07) is 13.8. The van der Waals surface area contributed by atoms with Crippen LogP contribution in [0.4, 0.5) is 0 Å². The molecule has 9 nitrogen and oxygen atoms in total. The predicted octanol–water partition coefficient (Wildman–Crippen LogP) is 5.78. The molecule has 3 heterocycles. The van der Waals surface area contributed by atoms with Crippen LogP contribution in [0.5, 0.6) is 5.88 Å². The zero-order valence-electron chi connectivity index (χ0n) is 25.5. The van der Waals surface area contributed by atoms with Crippen LogP contribution in [-0.4, -0.2) is 63.9 Å². The Labute approximate surface area is 271 Å². The minimum Gasteiger partial charge on any atom is -0.471 e. The van der Waals surface area contributed by atoms with Crippen molar-refractivity contribution in [3.05, 3.63) is 65.2 Å². The number of amides is 1. The van der Waals surface area contributed by atoms with Gasteiger partial charge in [0.25, 0.3) is 0 Å². The zero-order valence-corrected chi connectivity index (χ0v) is 27.1. The molecule has 1 amide bonds. The fourth-order valence-corrected chi connectivity index (χ4v) is 7.08. The number of ketones is 1. The number of esters is 1. The summed E-state index contributed by atoms with van der Waals surface area (Å²) in [5.74, 6) is -0.493. The highest BCUT2D eigenvalue weighted by Gasteiger charge is 2.61. The molecule has 0 radical (unpaired) electrons. The first-order valence-corrected chi connectivity index (χ1v) is 16.7. The lowest BCUT2D eigenvalue weighted by atomic mass is 9.91. The topological polar surface area (TPSA) is 125 Å².